The van der Waals surface area contributed by atoms with E-state index in [4.69, 9.17) is 12.2 Å². The number of rotatable bonds is 7. The maximum Gasteiger partial charge on any atom is 0.0346 e. The van der Waals surface area contributed by atoms with E-state index in [0.717, 1.165) is 37.3 Å². The molecule has 3 aromatic carbocycles. The molecule has 1 aliphatic rings. The summed E-state index contributed by atoms with van der Waals surface area (Å²) in [4.78, 5) is 8.02. The Labute approximate surface area is 195 Å². The van der Waals surface area contributed by atoms with E-state index >= 15 is 0 Å². The van der Waals surface area contributed by atoms with Gasteiger partial charge in [-0.3, -0.25) is 9.88 Å². The Bertz CT molecular complexity index is 1180. The molecule has 0 saturated carbocycles. The molecule has 3 heteroatoms. The van der Waals surface area contributed by atoms with Crippen molar-refractivity contribution in [2.75, 3.05) is 13.1 Å². The van der Waals surface area contributed by atoms with Crippen LogP contribution in [0.2, 0.25) is 0 Å². The zero-order chi connectivity index (χ0) is 21.8. The number of hydrogen-bond donors (Lipinski definition) is 0. The summed E-state index contributed by atoms with van der Waals surface area (Å²) in [6.07, 6.45) is 5.65. The molecule has 0 aliphatic carbocycles. The third kappa shape index (κ3) is 4.79. The van der Waals surface area contributed by atoms with Crippen LogP contribution in [0, 0.1) is 5.92 Å². The molecule has 1 aliphatic heterocycles. The summed E-state index contributed by atoms with van der Waals surface area (Å²) in [6, 6.07) is 30.4. The lowest BCUT2D eigenvalue weighted by molar-refractivity contribution is 0.317. The molecule has 0 radical (unpaired) electrons. The van der Waals surface area contributed by atoms with Gasteiger partial charge in [0, 0.05) is 49.8 Å². The van der Waals surface area contributed by atoms with E-state index in [2.05, 4.69) is 94.8 Å². The molecule has 0 N–H and O–H groups in total. The third-order valence-electron chi connectivity index (χ3n) is 6.64. The van der Waals surface area contributed by atoms with Gasteiger partial charge in [0.05, 0.1) is 0 Å². The minimum absolute atomic E-state index is 0.523. The fourth-order valence-corrected chi connectivity index (χ4v) is 5.51. The van der Waals surface area contributed by atoms with Crippen LogP contribution in [-0.2, 0) is 13.0 Å². The first-order valence-corrected chi connectivity index (χ1v) is 11.8. The maximum atomic E-state index is 5.97. The molecular formula is C29H28N2S. The Morgan fingerprint density at radius 2 is 1.66 bits per heavy atom. The molecule has 160 valence electrons. The number of aromatic nitrogens is 1. The Balaban J connectivity index is 1.33. The Morgan fingerprint density at radius 1 is 0.875 bits per heavy atom. The second-order valence-corrected chi connectivity index (χ2v) is 9.47. The van der Waals surface area contributed by atoms with Gasteiger partial charge in [0.25, 0.3) is 0 Å². The van der Waals surface area contributed by atoms with Crippen molar-refractivity contribution in [3.8, 4) is 0 Å². The number of likely N-dealkylation sites (tertiary alicyclic amines) is 1. The Kier molecular flexibility index (Phi) is 6.38. The quantitative estimate of drug-likeness (QED) is 0.310. The Hall–Kier alpha value is -2.88. The van der Waals surface area contributed by atoms with Gasteiger partial charge in [-0.05, 0) is 45.3 Å². The summed E-state index contributed by atoms with van der Waals surface area (Å²) in [5, 5.41) is 2.45. The lowest BCUT2D eigenvalue weighted by atomic mass is 9.85. The summed E-state index contributed by atoms with van der Waals surface area (Å²) in [6.45, 7) is 3.18. The van der Waals surface area contributed by atoms with Gasteiger partial charge in [0.2, 0.25) is 0 Å². The normalized spacial score (nSPS) is 18.8. The van der Waals surface area contributed by atoms with Crippen LogP contribution in [0.15, 0.2) is 97.3 Å². The predicted octanol–water partition coefficient (Wildman–Crippen LogP) is 6.45. The van der Waals surface area contributed by atoms with Crippen molar-refractivity contribution in [2.45, 2.75) is 25.3 Å². The van der Waals surface area contributed by atoms with Gasteiger partial charge in [0.1, 0.15) is 0 Å². The highest BCUT2D eigenvalue weighted by molar-refractivity contribution is 7.80. The molecule has 4 aromatic rings. The molecule has 0 bridgehead atoms. The summed E-state index contributed by atoms with van der Waals surface area (Å²) >= 11 is 5.97. The van der Waals surface area contributed by atoms with Gasteiger partial charge in [-0.2, -0.15) is 0 Å². The summed E-state index contributed by atoms with van der Waals surface area (Å²) < 4.78 is 0. The van der Waals surface area contributed by atoms with E-state index in [-0.39, 0.29) is 0 Å². The molecule has 1 aromatic heterocycles. The second kappa shape index (κ2) is 9.72. The van der Waals surface area contributed by atoms with Crippen LogP contribution in [0.1, 0.15) is 29.0 Å². The van der Waals surface area contributed by atoms with E-state index in [1.807, 2.05) is 12.4 Å². The maximum absolute atomic E-state index is 5.97. The van der Waals surface area contributed by atoms with Crippen LogP contribution in [0.4, 0.5) is 0 Å². The number of nitrogens with zero attached hydrogens (tertiary/aromatic N) is 2. The van der Waals surface area contributed by atoms with E-state index in [1.165, 1.54) is 27.5 Å². The molecular weight excluding hydrogens is 408 g/mol. The van der Waals surface area contributed by atoms with Crippen LogP contribution in [0.3, 0.4) is 0 Å². The van der Waals surface area contributed by atoms with E-state index in [1.54, 1.807) is 0 Å². The number of pyridine rings is 1. The fraction of sp³-hybridized carbons (Fsp3) is 0.241. The minimum Gasteiger partial charge on any atom is -0.298 e. The molecule has 0 spiro atoms. The average Bonchev–Trinajstić information content (AvgIpc) is 3.22. The highest BCUT2D eigenvalue weighted by Crippen LogP contribution is 2.36. The lowest BCUT2D eigenvalue weighted by Gasteiger charge is -2.19. The van der Waals surface area contributed by atoms with Gasteiger partial charge in [0.15, 0.2) is 0 Å². The van der Waals surface area contributed by atoms with Gasteiger partial charge in [-0.25, -0.2) is 0 Å². The van der Waals surface area contributed by atoms with Crippen LogP contribution in [-0.4, -0.2) is 27.8 Å². The average molecular weight is 437 g/mol. The molecule has 2 unspecified atom stereocenters. The number of benzene rings is 3. The van der Waals surface area contributed by atoms with Crippen LogP contribution < -0.4 is 0 Å². The smallest absolute Gasteiger partial charge is 0.0346 e. The lowest BCUT2D eigenvalue weighted by Crippen LogP contribution is -2.20. The van der Waals surface area contributed by atoms with Gasteiger partial charge in [-0.15, -0.1) is 0 Å². The SMILES string of the molecule is S=C(Cc1cccc2cnccc12)CC1CN(Cc2ccccc2)CC1c1ccccc1. The zero-order valence-electron chi connectivity index (χ0n) is 18.2. The van der Waals surface area contributed by atoms with Crippen LogP contribution in [0.5, 0.6) is 0 Å². The van der Waals surface area contributed by atoms with Crippen molar-refractivity contribution >= 4 is 27.9 Å². The van der Waals surface area contributed by atoms with Gasteiger partial charge >= 0.3 is 0 Å². The fourth-order valence-electron chi connectivity index (χ4n) is 5.14. The topological polar surface area (TPSA) is 16.1 Å². The van der Waals surface area contributed by atoms with Gasteiger partial charge < -0.3 is 0 Å². The van der Waals surface area contributed by atoms with Crippen LogP contribution >= 0.6 is 12.2 Å². The third-order valence-corrected chi connectivity index (χ3v) is 6.95. The Morgan fingerprint density at radius 3 is 2.47 bits per heavy atom. The highest BCUT2D eigenvalue weighted by Gasteiger charge is 2.34. The molecule has 5 rings (SSSR count). The molecule has 0 amide bonds. The zero-order valence-corrected chi connectivity index (χ0v) is 19.0. The summed E-state index contributed by atoms with van der Waals surface area (Å²) in [7, 11) is 0. The largest absolute Gasteiger partial charge is 0.298 e. The molecule has 2 nitrogen and oxygen atoms in total. The van der Waals surface area contributed by atoms with Crippen molar-refractivity contribution < 1.29 is 0 Å². The first kappa shape index (κ1) is 21.0. The number of fused-ring (bicyclic) bond motifs is 1. The van der Waals surface area contributed by atoms with E-state index in [0.29, 0.717) is 11.8 Å². The van der Waals surface area contributed by atoms with E-state index < -0.39 is 0 Å². The molecule has 32 heavy (non-hydrogen) atoms. The highest BCUT2D eigenvalue weighted by atomic mass is 32.1. The van der Waals surface area contributed by atoms with Gasteiger partial charge in [-0.1, -0.05) is 91.1 Å². The second-order valence-electron chi connectivity index (χ2n) is 8.89. The van der Waals surface area contributed by atoms with Crippen molar-refractivity contribution in [1.82, 2.24) is 9.88 Å². The number of hydrogen-bond acceptors (Lipinski definition) is 3. The monoisotopic (exact) mass is 436 g/mol. The summed E-state index contributed by atoms with van der Waals surface area (Å²) in [5.74, 6) is 1.07. The van der Waals surface area contributed by atoms with Crippen molar-refractivity contribution in [2.24, 2.45) is 5.92 Å². The van der Waals surface area contributed by atoms with E-state index in [9.17, 15) is 0 Å². The molecule has 2 heterocycles. The van der Waals surface area contributed by atoms with Crippen molar-refractivity contribution in [3.63, 3.8) is 0 Å². The molecule has 1 saturated heterocycles. The standard InChI is InChI=1S/C29H28N2S/c32-27(16-24-12-7-13-25-18-30-15-14-28(24)25)17-26-20-31(19-22-8-3-1-4-9-22)21-29(26)23-10-5-2-6-11-23/h1-15,18,26,29H,16-17,19-21H2. The number of thiocarbonyl (C=S) groups is 1. The summed E-state index contributed by atoms with van der Waals surface area (Å²) in [5.41, 5.74) is 4.13. The molecule has 1 fully saturated rings. The van der Waals surface area contributed by atoms with Crippen molar-refractivity contribution in [1.29, 1.82) is 0 Å². The van der Waals surface area contributed by atoms with Crippen molar-refractivity contribution in [3.05, 3.63) is 114 Å². The first-order valence-electron chi connectivity index (χ1n) is 11.4. The minimum atomic E-state index is 0.523. The first-order chi connectivity index (χ1) is 15.8. The van der Waals surface area contributed by atoms with Crippen LogP contribution in [0.25, 0.3) is 10.8 Å². The predicted molar refractivity (Wildman–Crippen MR) is 137 cm³/mol. The molecule has 2 atom stereocenters.